The molecule has 19 heavy (non-hydrogen) atoms. The maximum atomic E-state index is 12.0. The predicted octanol–water partition coefficient (Wildman–Crippen LogP) is 3.67. The molecule has 3 heteroatoms. The molecule has 0 unspecified atom stereocenters. The van der Waals surface area contributed by atoms with E-state index in [1.807, 2.05) is 6.92 Å². The first-order valence-electron chi connectivity index (χ1n) is 7.12. The first-order valence-corrected chi connectivity index (χ1v) is 7.12. The number of esters is 1. The van der Waals surface area contributed by atoms with Gasteiger partial charge in [-0.2, -0.15) is 0 Å². The van der Waals surface area contributed by atoms with Crippen molar-refractivity contribution in [3.05, 3.63) is 34.6 Å². The number of rotatable bonds is 5. The number of carbonyl (C=O) groups is 1. The third-order valence-electron chi connectivity index (χ3n) is 3.61. The number of methoxy groups -OCH3 is 1. The summed E-state index contributed by atoms with van der Waals surface area (Å²) in [5, 5.41) is 0. The van der Waals surface area contributed by atoms with Gasteiger partial charge in [-0.25, -0.2) is 4.79 Å². The van der Waals surface area contributed by atoms with Crippen molar-refractivity contribution in [2.45, 2.75) is 45.4 Å². The first kappa shape index (κ1) is 13.9. The average Bonchev–Trinajstić information content (AvgIpc) is 3.10. The Bertz CT molecular complexity index is 415. The predicted molar refractivity (Wildman–Crippen MR) is 74.5 cm³/mol. The van der Waals surface area contributed by atoms with Crippen LogP contribution >= 0.6 is 0 Å². The number of hydrogen-bond donors (Lipinski definition) is 0. The number of ether oxygens (including phenoxy) is 2. The van der Waals surface area contributed by atoms with E-state index in [4.69, 9.17) is 9.47 Å². The molecule has 0 atom stereocenters. The Labute approximate surface area is 115 Å². The SMILES string of the molecule is CCOC(C(=O)OC)=C(C1=CCCC1)C1=CCCC1. The van der Waals surface area contributed by atoms with Crippen LogP contribution in [-0.2, 0) is 14.3 Å². The lowest BCUT2D eigenvalue weighted by Crippen LogP contribution is -2.13. The van der Waals surface area contributed by atoms with Crippen molar-refractivity contribution >= 4 is 5.97 Å². The number of allylic oxidation sites excluding steroid dienone is 5. The molecule has 0 fully saturated rings. The number of carbonyl (C=O) groups excluding carboxylic acids is 1. The molecule has 104 valence electrons. The molecule has 0 aromatic carbocycles. The molecule has 2 aliphatic carbocycles. The highest BCUT2D eigenvalue weighted by atomic mass is 16.6. The minimum absolute atomic E-state index is 0.363. The molecule has 0 radical (unpaired) electrons. The van der Waals surface area contributed by atoms with E-state index in [1.165, 1.54) is 18.3 Å². The molecule has 0 amide bonds. The molecule has 0 saturated carbocycles. The van der Waals surface area contributed by atoms with Gasteiger partial charge in [0.1, 0.15) is 0 Å². The summed E-state index contributed by atoms with van der Waals surface area (Å²) in [4.78, 5) is 12.0. The Morgan fingerprint density at radius 1 is 1.16 bits per heavy atom. The smallest absolute Gasteiger partial charge is 0.373 e. The summed E-state index contributed by atoms with van der Waals surface area (Å²) in [6, 6.07) is 0. The minimum Gasteiger partial charge on any atom is -0.486 e. The van der Waals surface area contributed by atoms with Crippen LogP contribution in [0.5, 0.6) is 0 Å². The van der Waals surface area contributed by atoms with E-state index >= 15 is 0 Å². The quantitative estimate of drug-likeness (QED) is 0.431. The zero-order valence-electron chi connectivity index (χ0n) is 11.8. The summed E-state index contributed by atoms with van der Waals surface area (Å²) in [5.74, 6) is 0.0313. The Kier molecular flexibility index (Phi) is 4.83. The van der Waals surface area contributed by atoms with E-state index in [1.54, 1.807) is 0 Å². The van der Waals surface area contributed by atoms with E-state index in [0.29, 0.717) is 12.4 Å². The molecule has 0 N–H and O–H groups in total. The molecular formula is C16H22O3. The number of hydrogen-bond acceptors (Lipinski definition) is 3. The van der Waals surface area contributed by atoms with Crippen LogP contribution < -0.4 is 0 Å². The maximum Gasteiger partial charge on any atom is 0.373 e. The Morgan fingerprint density at radius 2 is 1.74 bits per heavy atom. The lowest BCUT2D eigenvalue weighted by atomic mass is 9.95. The van der Waals surface area contributed by atoms with Crippen LogP contribution in [-0.4, -0.2) is 19.7 Å². The van der Waals surface area contributed by atoms with Crippen molar-refractivity contribution in [3.8, 4) is 0 Å². The van der Waals surface area contributed by atoms with E-state index < -0.39 is 0 Å². The van der Waals surface area contributed by atoms with Gasteiger partial charge in [-0.15, -0.1) is 0 Å². The van der Waals surface area contributed by atoms with Crippen LogP contribution in [0.1, 0.15) is 45.4 Å². The highest BCUT2D eigenvalue weighted by Gasteiger charge is 2.25. The van der Waals surface area contributed by atoms with Gasteiger partial charge in [-0.05, 0) is 56.6 Å². The van der Waals surface area contributed by atoms with E-state index in [-0.39, 0.29) is 5.97 Å². The molecule has 2 aliphatic rings. The fourth-order valence-electron chi connectivity index (χ4n) is 2.76. The van der Waals surface area contributed by atoms with Gasteiger partial charge >= 0.3 is 5.97 Å². The van der Waals surface area contributed by atoms with Crippen molar-refractivity contribution in [1.29, 1.82) is 0 Å². The fourth-order valence-corrected chi connectivity index (χ4v) is 2.76. The molecule has 0 aliphatic heterocycles. The third-order valence-corrected chi connectivity index (χ3v) is 3.61. The van der Waals surface area contributed by atoms with Gasteiger partial charge in [0.25, 0.3) is 0 Å². The van der Waals surface area contributed by atoms with E-state index in [0.717, 1.165) is 44.1 Å². The van der Waals surface area contributed by atoms with Gasteiger partial charge < -0.3 is 9.47 Å². The molecule has 0 saturated heterocycles. The summed E-state index contributed by atoms with van der Waals surface area (Å²) in [6.45, 7) is 2.38. The lowest BCUT2D eigenvalue weighted by molar-refractivity contribution is -0.140. The van der Waals surface area contributed by atoms with Crippen LogP contribution in [0.15, 0.2) is 34.6 Å². The summed E-state index contributed by atoms with van der Waals surface area (Å²) in [5.41, 5.74) is 3.51. The van der Waals surface area contributed by atoms with Crippen LogP contribution in [0.3, 0.4) is 0 Å². The van der Waals surface area contributed by atoms with E-state index in [9.17, 15) is 4.79 Å². The van der Waals surface area contributed by atoms with Crippen molar-refractivity contribution in [2.24, 2.45) is 0 Å². The second-order valence-electron chi connectivity index (χ2n) is 4.87. The highest BCUT2D eigenvalue weighted by molar-refractivity contribution is 5.89. The second kappa shape index (κ2) is 6.60. The Hall–Kier alpha value is -1.51. The van der Waals surface area contributed by atoms with Crippen LogP contribution in [0.25, 0.3) is 0 Å². The molecule has 0 bridgehead atoms. The summed E-state index contributed by atoms with van der Waals surface area (Å²) < 4.78 is 10.5. The molecule has 0 spiro atoms. The summed E-state index contributed by atoms with van der Waals surface area (Å²) in [7, 11) is 1.41. The molecule has 0 aromatic rings. The molecule has 3 nitrogen and oxygen atoms in total. The van der Waals surface area contributed by atoms with Crippen LogP contribution in [0.2, 0.25) is 0 Å². The summed E-state index contributed by atoms with van der Waals surface area (Å²) in [6.07, 6.45) is 11.0. The van der Waals surface area contributed by atoms with Crippen molar-refractivity contribution in [1.82, 2.24) is 0 Å². The second-order valence-corrected chi connectivity index (χ2v) is 4.87. The van der Waals surface area contributed by atoms with Crippen molar-refractivity contribution < 1.29 is 14.3 Å². The van der Waals surface area contributed by atoms with Gasteiger partial charge in [-0.1, -0.05) is 12.2 Å². The average molecular weight is 262 g/mol. The van der Waals surface area contributed by atoms with Crippen molar-refractivity contribution in [3.63, 3.8) is 0 Å². The topological polar surface area (TPSA) is 35.5 Å². The fraction of sp³-hybridized carbons (Fsp3) is 0.562. The zero-order chi connectivity index (χ0) is 13.7. The minimum atomic E-state index is -0.363. The van der Waals surface area contributed by atoms with E-state index in [2.05, 4.69) is 12.2 Å². The van der Waals surface area contributed by atoms with Gasteiger partial charge in [0.05, 0.1) is 13.7 Å². The van der Waals surface area contributed by atoms with Crippen LogP contribution in [0.4, 0.5) is 0 Å². The van der Waals surface area contributed by atoms with Gasteiger partial charge in [0, 0.05) is 5.57 Å². The highest BCUT2D eigenvalue weighted by Crippen LogP contribution is 2.37. The molecule has 0 heterocycles. The Balaban J connectivity index is 2.45. The standard InChI is InChI=1S/C16H22O3/c1-3-19-15(16(17)18-2)14(12-8-4-5-9-12)13-10-6-7-11-13/h8,10H,3-7,9,11H2,1-2H3. The normalized spacial score (nSPS) is 17.8. The van der Waals surface area contributed by atoms with Crippen LogP contribution in [0, 0.1) is 0 Å². The third kappa shape index (κ3) is 3.09. The Morgan fingerprint density at radius 3 is 2.11 bits per heavy atom. The maximum absolute atomic E-state index is 12.0. The van der Waals surface area contributed by atoms with Gasteiger partial charge in [0.2, 0.25) is 5.76 Å². The zero-order valence-corrected chi connectivity index (χ0v) is 11.8. The molecule has 2 rings (SSSR count). The van der Waals surface area contributed by atoms with Gasteiger partial charge in [0.15, 0.2) is 0 Å². The first-order chi connectivity index (χ1) is 9.27. The monoisotopic (exact) mass is 262 g/mol. The molecule has 0 aromatic heterocycles. The largest absolute Gasteiger partial charge is 0.486 e. The lowest BCUT2D eigenvalue weighted by Gasteiger charge is -2.16. The van der Waals surface area contributed by atoms with Crippen molar-refractivity contribution in [2.75, 3.05) is 13.7 Å². The molecular weight excluding hydrogens is 240 g/mol. The summed E-state index contributed by atoms with van der Waals surface area (Å²) >= 11 is 0. The van der Waals surface area contributed by atoms with Gasteiger partial charge in [-0.3, -0.25) is 0 Å².